The fraction of sp³-hybridized carbons (Fsp3) is 0.0556. The van der Waals surface area contributed by atoms with Crippen molar-refractivity contribution >= 4 is 32.2 Å². The van der Waals surface area contributed by atoms with Gasteiger partial charge in [0.2, 0.25) is 15.5 Å². The average molecular weight is 392 g/mol. The lowest BCUT2D eigenvalue weighted by atomic mass is 10.3. The maximum atomic E-state index is 13.2. The van der Waals surface area contributed by atoms with Crippen LogP contribution in [0, 0.1) is 6.92 Å². The summed E-state index contributed by atoms with van der Waals surface area (Å²) < 4.78 is 28.9. The van der Waals surface area contributed by atoms with Crippen LogP contribution in [0.2, 0.25) is 0 Å². The Morgan fingerprint density at radius 2 is 1.79 bits per heavy atom. The lowest BCUT2D eigenvalue weighted by molar-refractivity contribution is 0.596. The maximum absolute atomic E-state index is 13.2. The van der Waals surface area contributed by atoms with Crippen molar-refractivity contribution in [2.45, 2.75) is 16.7 Å². The predicted octanol–water partition coefficient (Wildman–Crippen LogP) is 1.43. The van der Waals surface area contributed by atoms with Crippen LogP contribution >= 0.6 is 0 Å². The minimum Gasteiger partial charge on any atom is -0.268 e. The number of benzene rings is 1. The van der Waals surface area contributed by atoms with Crippen LogP contribution in [-0.2, 0) is 9.84 Å². The van der Waals surface area contributed by atoms with Gasteiger partial charge >= 0.3 is 0 Å². The van der Waals surface area contributed by atoms with Crippen LogP contribution in [-0.4, -0.2) is 37.8 Å². The van der Waals surface area contributed by atoms with Gasteiger partial charge in [0.05, 0.1) is 10.3 Å². The third-order valence-electron chi connectivity index (χ3n) is 4.49. The van der Waals surface area contributed by atoms with Crippen LogP contribution in [0.25, 0.3) is 22.3 Å². The van der Waals surface area contributed by atoms with E-state index < -0.39 is 15.4 Å². The minimum atomic E-state index is -3.94. The normalized spacial score (nSPS) is 12.2. The lowest BCUT2D eigenvalue weighted by Crippen LogP contribution is -2.18. The molecule has 0 unspecified atom stereocenters. The Bertz CT molecular complexity index is 1560. The number of nitrogens with zero attached hydrogens (tertiary/aromatic N) is 6. The SMILES string of the molecule is Cc1ccc2nc3c(cc(S(=O)(=O)c4ccccc4)c4nnnn43)c(=O)n2c1. The van der Waals surface area contributed by atoms with Crippen LogP contribution in [0.15, 0.2) is 69.3 Å². The Balaban J connectivity index is 1.96. The number of tetrazole rings is 1. The van der Waals surface area contributed by atoms with Gasteiger partial charge in [0, 0.05) is 6.20 Å². The van der Waals surface area contributed by atoms with E-state index in [1.165, 1.54) is 27.1 Å². The molecule has 1 aromatic carbocycles. The molecule has 10 heteroatoms. The van der Waals surface area contributed by atoms with Gasteiger partial charge in [0.1, 0.15) is 10.5 Å². The Labute approximate surface area is 157 Å². The first-order chi connectivity index (χ1) is 13.5. The number of fused-ring (bicyclic) bond motifs is 4. The quantitative estimate of drug-likeness (QED) is 0.418. The molecule has 4 aromatic heterocycles. The van der Waals surface area contributed by atoms with Crippen molar-refractivity contribution in [3.8, 4) is 0 Å². The Hall–Kier alpha value is -3.66. The largest absolute Gasteiger partial charge is 0.268 e. The van der Waals surface area contributed by atoms with Gasteiger partial charge < -0.3 is 0 Å². The van der Waals surface area contributed by atoms with E-state index in [1.807, 2.05) is 13.0 Å². The van der Waals surface area contributed by atoms with E-state index in [1.54, 1.807) is 30.5 Å². The molecular formula is C18H12N6O3S. The van der Waals surface area contributed by atoms with Gasteiger partial charge in [0.25, 0.3) is 5.56 Å². The molecule has 0 spiro atoms. The van der Waals surface area contributed by atoms with E-state index >= 15 is 0 Å². The zero-order chi connectivity index (χ0) is 19.5. The molecule has 5 aromatic rings. The first kappa shape index (κ1) is 16.5. The molecule has 0 fully saturated rings. The summed E-state index contributed by atoms with van der Waals surface area (Å²) in [6, 6.07) is 12.8. The molecule has 4 heterocycles. The van der Waals surface area contributed by atoms with Gasteiger partial charge in [-0.1, -0.05) is 24.3 Å². The summed E-state index contributed by atoms with van der Waals surface area (Å²) in [5.41, 5.74) is 1.10. The highest BCUT2D eigenvalue weighted by molar-refractivity contribution is 7.91. The monoisotopic (exact) mass is 392 g/mol. The first-order valence-electron chi connectivity index (χ1n) is 8.31. The van der Waals surface area contributed by atoms with Crippen molar-refractivity contribution in [3.05, 3.63) is 70.6 Å². The molecule has 0 saturated carbocycles. The fourth-order valence-electron chi connectivity index (χ4n) is 3.14. The Morgan fingerprint density at radius 1 is 1.00 bits per heavy atom. The highest BCUT2D eigenvalue weighted by atomic mass is 32.2. The van der Waals surface area contributed by atoms with Crippen LogP contribution in [0.1, 0.15) is 5.56 Å². The van der Waals surface area contributed by atoms with E-state index in [9.17, 15) is 13.2 Å². The van der Waals surface area contributed by atoms with Crippen molar-refractivity contribution in [1.29, 1.82) is 0 Å². The smallest absolute Gasteiger partial charge is 0.267 e. The molecule has 9 nitrogen and oxygen atoms in total. The van der Waals surface area contributed by atoms with Crippen LogP contribution in [0.4, 0.5) is 0 Å². The second-order valence-corrected chi connectivity index (χ2v) is 8.25. The molecule has 0 aliphatic carbocycles. The molecule has 0 aliphatic heterocycles. The second-order valence-electron chi connectivity index (χ2n) is 6.33. The first-order valence-corrected chi connectivity index (χ1v) is 9.79. The molecule has 5 rings (SSSR count). The van der Waals surface area contributed by atoms with Crippen LogP contribution in [0.5, 0.6) is 0 Å². The summed E-state index contributed by atoms with van der Waals surface area (Å²) in [5, 5.41) is 11.4. The summed E-state index contributed by atoms with van der Waals surface area (Å²) >= 11 is 0. The molecular weight excluding hydrogens is 380 g/mol. The number of hydrogen-bond donors (Lipinski definition) is 0. The molecule has 0 atom stereocenters. The zero-order valence-electron chi connectivity index (χ0n) is 14.5. The molecule has 28 heavy (non-hydrogen) atoms. The Kier molecular flexibility index (Phi) is 3.34. The Morgan fingerprint density at radius 3 is 2.57 bits per heavy atom. The van der Waals surface area contributed by atoms with Crippen molar-refractivity contribution < 1.29 is 8.42 Å². The third-order valence-corrected chi connectivity index (χ3v) is 6.27. The summed E-state index contributed by atoms with van der Waals surface area (Å²) in [4.78, 5) is 17.5. The number of hydrogen-bond acceptors (Lipinski definition) is 7. The number of aryl methyl sites for hydroxylation is 1. The van der Waals surface area contributed by atoms with E-state index in [2.05, 4.69) is 20.5 Å². The third kappa shape index (κ3) is 2.24. The second kappa shape index (κ2) is 5.67. The summed E-state index contributed by atoms with van der Waals surface area (Å²) in [5.74, 6) is 0. The number of pyridine rings is 2. The van der Waals surface area contributed by atoms with Gasteiger partial charge in [-0.3, -0.25) is 9.20 Å². The fourth-order valence-corrected chi connectivity index (χ4v) is 4.55. The molecule has 0 bridgehead atoms. The molecule has 0 amide bonds. The molecule has 0 saturated heterocycles. The van der Waals surface area contributed by atoms with Crippen LogP contribution < -0.4 is 5.56 Å². The van der Waals surface area contributed by atoms with Gasteiger partial charge in [-0.05, 0) is 47.2 Å². The van der Waals surface area contributed by atoms with E-state index in [0.717, 1.165) is 5.56 Å². The van der Waals surface area contributed by atoms with Gasteiger partial charge in [0.15, 0.2) is 5.65 Å². The maximum Gasteiger partial charge on any atom is 0.267 e. The lowest BCUT2D eigenvalue weighted by Gasteiger charge is -2.09. The van der Waals surface area contributed by atoms with Crippen molar-refractivity contribution in [3.63, 3.8) is 0 Å². The molecule has 0 radical (unpaired) electrons. The highest BCUT2D eigenvalue weighted by Gasteiger charge is 2.25. The number of rotatable bonds is 2. The van der Waals surface area contributed by atoms with Crippen molar-refractivity contribution in [1.82, 2.24) is 29.4 Å². The minimum absolute atomic E-state index is 0.0136. The highest BCUT2D eigenvalue weighted by Crippen LogP contribution is 2.26. The van der Waals surface area contributed by atoms with Crippen molar-refractivity contribution in [2.75, 3.05) is 0 Å². The van der Waals surface area contributed by atoms with Gasteiger partial charge in [-0.25, -0.2) is 13.4 Å². The van der Waals surface area contributed by atoms with Gasteiger partial charge in [-0.15, -0.1) is 5.10 Å². The molecule has 138 valence electrons. The number of sulfone groups is 1. The molecule has 0 aliphatic rings. The predicted molar refractivity (Wildman–Crippen MR) is 99.9 cm³/mol. The van der Waals surface area contributed by atoms with E-state index in [4.69, 9.17) is 0 Å². The zero-order valence-corrected chi connectivity index (χ0v) is 15.3. The van der Waals surface area contributed by atoms with Crippen molar-refractivity contribution in [2.24, 2.45) is 0 Å². The summed E-state index contributed by atoms with van der Waals surface area (Å²) in [6.07, 6.45) is 1.65. The van der Waals surface area contributed by atoms with E-state index in [-0.39, 0.29) is 26.5 Å². The summed E-state index contributed by atoms with van der Waals surface area (Å²) in [7, 11) is -3.94. The van der Waals surface area contributed by atoms with Gasteiger partial charge in [-0.2, -0.15) is 4.52 Å². The standard InChI is InChI=1S/C18H12N6O3S/c1-11-7-8-15-19-16-13(18(25)23(15)10-11)9-14(17-20-21-22-24(16)17)28(26,27)12-5-3-2-4-6-12/h2-10H,1H3. The summed E-state index contributed by atoms with van der Waals surface area (Å²) in [6.45, 7) is 1.85. The topological polar surface area (TPSA) is 112 Å². The van der Waals surface area contributed by atoms with Crippen LogP contribution in [0.3, 0.4) is 0 Å². The number of aromatic nitrogens is 6. The molecule has 0 N–H and O–H groups in total. The van der Waals surface area contributed by atoms with E-state index in [0.29, 0.717) is 5.65 Å². The average Bonchev–Trinajstić information content (AvgIpc) is 3.19.